The predicted octanol–water partition coefficient (Wildman–Crippen LogP) is 4.67. The summed E-state index contributed by atoms with van der Waals surface area (Å²) in [7, 11) is -0.884. The molecule has 0 aromatic carbocycles. The Labute approximate surface area is 102 Å². The van der Waals surface area contributed by atoms with Gasteiger partial charge in [0, 0.05) is 8.07 Å². The van der Waals surface area contributed by atoms with E-state index in [1.807, 2.05) is 0 Å². The van der Waals surface area contributed by atoms with Crippen LogP contribution >= 0.6 is 0 Å². The van der Waals surface area contributed by atoms with Crippen molar-refractivity contribution in [3.05, 3.63) is 11.6 Å². The summed E-state index contributed by atoms with van der Waals surface area (Å²) in [6.45, 7) is 11.5. The number of allylic oxidation sites excluding steroid dienone is 2. The normalized spacial score (nSPS) is 14.9. The van der Waals surface area contributed by atoms with E-state index in [-0.39, 0.29) is 0 Å². The van der Waals surface area contributed by atoms with Crippen LogP contribution < -0.4 is 0 Å². The average Bonchev–Trinajstić information content (AvgIpc) is 2.21. The average molecular weight is 240 g/mol. The molecule has 0 N–H and O–H groups in total. The second-order valence-corrected chi connectivity index (χ2v) is 11.5. The first-order valence-corrected chi connectivity index (χ1v) is 10.3. The summed E-state index contributed by atoms with van der Waals surface area (Å²) in [5.74, 6) is 0.608. The molecule has 0 radical (unpaired) electrons. The zero-order valence-corrected chi connectivity index (χ0v) is 12.7. The molecule has 0 saturated heterocycles. The minimum Gasteiger partial charge on any atom is -0.298 e. The lowest BCUT2D eigenvalue weighted by Gasteiger charge is -2.17. The van der Waals surface area contributed by atoms with Crippen LogP contribution in [-0.4, -0.2) is 14.4 Å². The number of carbonyl (C=O) groups excluding carboxylic acids is 1. The van der Waals surface area contributed by atoms with Crippen LogP contribution in [0, 0.1) is 5.92 Å². The molecule has 94 valence electrons. The molecule has 0 fully saturated rings. The molecule has 0 aliphatic rings. The van der Waals surface area contributed by atoms with E-state index in [0.29, 0.717) is 5.92 Å². The Morgan fingerprint density at radius 3 is 2.25 bits per heavy atom. The Bertz CT molecular complexity index is 225. The third kappa shape index (κ3) is 7.86. The van der Waals surface area contributed by atoms with Crippen molar-refractivity contribution in [2.75, 3.05) is 0 Å². The van der Waals surface area contributed by atoms with Gasteiger partial charge in [0.15, 0.2) is 0 Å². The topological polar surface area (TPSA) is 17.1 Å². The van der Waals surface area contributed by atoms with Crippen molar-refractivity contribution in [2.24, 2.45) is 5.92 Å². The van der Waals surface area contributed by atoms with E-state index in [0.717, 1.165) is 24.7 Å². The maximum Gasteiger partial charge on any atom is 0.145 e. The highest BCUT2D eigenvalue weighted by Gasteiger charge is 2.13. The van der Waals surface area contributed by atoms with Gasteiger partial charge in [0.1, 0.15) is 6.29 Å². The van der Waals surface area contributed by atoms with Crippen LogP contribution in [0.4, 0.5) is 0 Å². The quantitative estimate of drug-likeness (QED) is 0.342. The molecule has 0 aromatic heterocycles. The molecule has 0 rings (SSSR count). The molecule has 0 amide bonds. The van der Waals surface area contributed by atoms with E-state index >= 15 is 0 Å². The highest BCUT2D eigenvalue weighted by molar-refractivity contribution is 6.76. The molecule has 2 heteroatoms. The summed E-state index contributed by atoms with van der Waals surface area (Å²) in [4.78, 5) is 10.8. The molecule has 0 bridgehead atoms. The molecule has 0 spiro atoms. The van der Waals surface area contributed by atoms with Gasteiger partial charge in [-0.3, -0.25) is 4.79 Å². The SMILES string of the molecule is CC/C(C=O)=C\C(CC)CCC[Si](C)(C)C. The van der Waals surface area contributed by atoms with Gasteiger partial charge < -0.3 is 0 Å². The van der Waals surface area contributed by atoms with Crippen molar-refractivity contribution in [3.63, 3.8) is 0 Å². The van der Waals surface area contributed by atoms with Gasteiger partial charge in [-0.2, -0.15) is 0 Å². The molecule has 0 heterocycles. The zero-order valence-electron chi connectivity index (χ0n) is 11.7. The summed E-state index contributed by atoms with van der Waals surface area (Å²) >= 11 is 0. The summed E-state index contributed by atoms with van der Waals surface area (Å²) in [6, 6.07) is 1.40. The molecule has 0 saturated carbocycles. The molecular formula is C14H28OSi. The largest absolute Gasteiger partial charge is 0.298 e. The highest BCUT2D eigenvalue weighted by Crippen LogP contribution is 2.20. The third-order valence-corrected chi connectivity index (χ3v) is 4.89. The van der Waals surface area contributed by atoms with Gasteiger partial charge in [0.25, 0.3) is 0 Å². The lowest BCUT2D eigenvalue weighted by atomic mass is 9.97. The van der Waals surface area contributed by atoms with Crippen molar-refractivity contribution in [1.82, 2.24) is 0 Å². The van der Waals surface area contributed by atoms with E-state index < -0.39 is 8.07 Å². The fraction of sp³-hybridized carbons (Fsp3) is 0.786. The highest BCUT2D eigenvalue weighted by atomic mass is 28.3. The summed E-state index contributed by atoms with van der Waals surface area (Å²) in [6.07, 6.45) is 7.80. The molecule has 0 aliphatic carbocycles. The molecular weight excluding hydrogens is 212 g/mol. The fourth-order valence-electron chi connectivity index (χ4n) is 1.84. The van der Waals surface area contributed by atoms with Gasteiger partial charge in [-0.05, 0) is 30.8 Å². The smallest absolute Gasteiger partial charge is 0.145 e. The van der Waals surface area contributed by atoms with Crippen LogP contribution in [0.5, 0.6) is 0 Å². The summed E-state index contributed by atoms with van der Waals surface area (Å²) < 4.78 is 0. The molecule has 0 aromatic rings. The molecule has 1 nitrogen and oxygen atoms in total. The van der Waals surface area contributed by atoms with E-state index in [1.165, 1.54) is 18.9 Å². The van der Waals surface area contributed by atoms with E-state index in [1.54, 1.807) is 0 Å². The Kier molecular flexibility index (Phi) is 7.65. The van der Waals surface area contributed by atoms with Crippen molar-refractivity contribution in [1.29, 1.82) is 0 Å². The molecule has 16 heavy (non-hydrogen) atoms. The van der Waals surface area contributed by atoms with Crippen LogP contribution in [-0.2, 0) is 4.79 Å². The van der Waals surface area contributed by atoms with Crippen molar-refractivity contribution >= 4 is 14.4 Å². The number of aldehydes is 1. The van der Waals surface area contributed by atoms with Gasteiger partial charge in [0.2, 0.25) is 0 Å². The van der Waals surface area contributed by atoms with Crippen molar-refractivity contribution < 1.29 is 4.79 Å². The second-order valence-electron chi connectivity index (χ2n) is 5.83. The third-order valence-electron chi connectivity index (χ3n) is 3.04. The fourth-order valence-corrected chi connectivity index (χ4v) is 3.11. The number of hydrogen-bond donors (Lipinski definition) is 0. The van der Waals surface area contributed by atoms with Gasteiger partial charge >= 0.3 is 0 Å². The Morgan fingerprint density at radius 2 is 1.88 bits per heavy atom. The van der Waals surface area contributed by atoms with E-state index in [4.69, 9.17) is 0 Å². The lowest BCUT2D eigenvalue weighted by Crippen LogP contribution is -2.19. The lowest BCUT2D eigenvalue weighted by molar-refractivity contribution is -0.105. The summed E-state index contributed by atoms with van der Waals surface area (Å²) in [5, 5.41) is 0. The number of carbonyl (C=O) groups is 1. The standard InChI is InChI=1S/C14H28OSi/c1-6-13(11-14(7-2)12-15)9-8-10-16(3,4)5/h11-13H,6-10H2,1-5H3/b14-11+. The van der Waals surface area contributed by atoms with Gasteiger partial charge in [-0.1, -0.05) is 52.0 Å². The van der Waals surface area contributed by atoms with Crippen LogP contribution in [0.15, 0.2) is 11.6 Å². The zero-order chi connectivity index (χ0) is 12.6. The van der Waals surface area contributed by atoms with E-state index in [2.05, 4.69) is 39.6 Å². The van der Waals surface area contributed by atoms with Gasteiger partial charge in [0.05, 0.1) is 0 Å². The second kappa shape index (κ2) is 7.83. The number of rotatable bonds is 8. The maximum absolute atomic E-state index is 10.8. The number of hydrogen-bond acceptors (Lipinski definition) is 1. The molecule has 1 unspecified atom stereocenters. The first-order valence-electron chi connectivity index (χ1n) is 6.58. The first-order chi connectivity index (χ1) is 7.42. The molecule has 1 atom stereocenters. The Balaban J connectivity index is 4.11. The molecule has 0 aliphatic heterocycles. The Hall–Kier alpha value is -0.373. The van der Waals surface area contributed by atoms with Crippen LogP contribution in [0.1, 0.15) is 39.5 Å². The van der Waals surface area contributed by atoms with E-state index in [9.17, 15) is 4.79 Å². The predicted molar refractivity (Wildman–Crippen MR) is 75.6 cm³/mol. The van der Waals surface area contributed by atoms with Gasteiger partial charge in [-0.25, -0.2) is 0 Å². The summed E-state index contributed by atoms with van der Waals surface area (Å²) in [5.41, 5.74) is 0.972. The first kappa shape index (κ1) is 15.6. The van der Waals surface area contributed by atoms with Crippen LogP contribution in [0.25, 0.3) is 0 Å². The van der Waals surface area contributed by atoms with Crippen LogP contribution in [0.3, 0.4) is 0 Å². The van der Waals surface area contributed by atoms with Crippen LogP contribution in [0.2, 0.25) is 25.7 Å². The van der Waals surface area contributed by atoms with Gasteiger partial charge in [-0.15, -0.1) is 0 Å². The minimum atomic E-state index is -0.884. The monoisotopic (exact) mass is 240 g/mol. The van der Waals surface area contributed by atoms with Crippen molar-refractivity contribution in [2.45, 2.75) is 65.2 Å². The van der Waals surface area contributed by atoms with Crippen molar-refractivity contribution in [3.8, 4) is 0 Å². The minimum absolute atomic E-state index is 0.608. The Morgan fingerprint density at radius 1 is 1.25 bits per heavy atom. The maximum atomic E-state index is 10.8.